The smallest absolute Gasteiger partial charge is 0.222 e. The summed E-state index contributed by atoms with van der Waals surface area (Å²) in [7, 11) is -3.14. The van der Waals surface area contributed by atoms with Gasteiger partial charge in [-0.05, 0) is 25.7 Å². The lowest BCUT2D eigenvalue weighted by atomic mass is 10.1. The van der Waals surface area contributed by atoms with E-state index in [0.29, 0.717) is 25.9 Å². The standard InChI is InChI=1S/C13H26N2O3S/c1-3-5-6-13(16)15-9-7-12(8-10-15)14-19(17,18)11-4-2/h12,14H,3-11H2,1-2H3. The van der Waals surface area contributed by atoms with Crippen LogP contribution in [0.2, 0.25) is 0 Å². The number of unbranched alkanes of at least 4 members (excludes halogenated alkanes) is 1. The highest BCUT2D eigenvalue weighted by atomic mass is 32.2. The number of nitrogens with zero attached hydrogens (tertiary/aromatic N) is 1. The number of carbonyl (C=O) groups excluding carboxylic acids is 1. The summed E-state index contributed by atoms with van der Waals surface area (Å²) >= 11 is 0. The third-order valence-corrected chi connectivity index (χ3v) is 5.05. The molecule has 1 amide bonds. The zero-order chi connectivity index (χ0) is 14.3. The molecule has 1 N–H and O–H groups in total. The van der Waals surface area contributed by atoms with Crippen LogP contribution >= 0.6 is 0 Å². The normalized spacial score (nSPS) is 17.7. The fraction of sp³-hybridized carbons (Fsp3) is 0.923. The molecule has 6 heteroatoms. The molecule has 19 heavy (non-hydrogen) atoms. The molecule has 0 radical (unpaired) electrons. The van der Waals surface area contributed by atoms with Gasteiger partial charge in [-0.15, -0.1) is 0 Å². The lowest BCUT2D eigenvalue weighted by Crippen LogP contribution is -2.46. The number of amides is 1. The van der Waals surface area contributed by atoms with E-state index >= 15 is 0 Å². The van der Waals surface area contributed by atoms with Gasteiger partial charge < -0.3 is 4.90 Å². The van der Waals surface area contributed by atoms with Crippen LogP contribution in [-0.2, 0) is 14.8 Å². The molecule has 0 unspecified atom stereocenters. The van der Waals surface area contributed by atoms with Gasteiger partial charge in [-0.25, -0.2) is 13.1 Å². The van der Waals surface area contributed by atoms with Gasteiger partial charge in [0.05, 0.1) is 5.75 Å². The molecule has 5 nitrogen and oxygen atoms in total. The SMILES string of the molecule is CCCCC(=O)N1CCC(NS(=O)(=O)CCC)CC1. The van der Waals surface area contributed by atoms with Crippen molar-refractivity contribution >= 4 is 15.9 Å². The highest BCUT2D eigenvalue weighted by molar-refractivity contribution is 7.89. The lowest BCUT2D eigenvalue weighted by molar-refractivity contribution is -0.132. The quantitative estimate of drug-likeness (QED) is 0.772. The molecule has 0 aliphatic carbocycles. The molecule has 1 heterocycles. The van der Waals surface area contributed by atoms with Crippen molar-refractivity contribution in [3.05, 3.63) is 0 Å². The Morgan fingerprint density at radius 3 is 2.37 bits per heavy atom. The molecule has 0 aromatic carbocycles. The van der Waals surface area contributed by atoms with E-state index in [1.54, 1.807) is 0 Å². The van der Waals surface area contributed by atoms with E-state index in [2.05, 4.69) is 11.6 Å². The second-order valence-electron chi connectivity index (χ2n) is 5.20. The zero-order valence-corrected chi connectivity index (χ0v) is 12.8. The van der Waals surface area contributed by atoms with Crippen LogP contribution in [0.5, 0.6) is 0 Å². The van der Waals surface area contributed by atoms with E-state index in [1.165, 1.54) is 0 Å². The number of piperidine rings is 1. The van der Waals surface area contributed by atoms with Gasteiger partial charge in [-0.3, -0.25) is 4.79 Å². The minimum Gasteiger partial charge on any atom is -0.343 e. The molecule has 0 atom stereocenters. The van der Waals surface area contributed by atoms with Crippen LogP contribution in [0.3, 0.4) is 0 Å². The van der Waals surface area contributed by atoms with E-state index in [1.807, 2.05) is 11.8 Å². The molecule has 0 saturated carbocycles. The summed E-state index contributed by atoms with van der Waals surface area (Å²) in [5.41, 5.74) is 0. The Hall–Kier alpha value is -0.620. The summed E-state index contributed by atoms with van der Waals surface area (Å²) in [5, 5.41) is 0. The summed E-state index contributed by atoms with van der Waals surface area (Å²) < 4.78 is 26.1. The molecule has 0 aromatic heterocycles. The average molecular weight is 290 g/mol. The predicted octanol–water partition coefficient (Wildman–Crippen LogP) is 1.50. The van der Waals surface area contributed by atoms with Crippen molar-refractivity contribution in [2.24, 2.45) is 0 Å². The van der Waals surface area contributed by atoms with Crippen LogP contribution in [0, 0.1) is 0 Å². The first-order valence-electron chi connectivity index (χ1n) is 7.26. The number of carbonyl (C=O) groups is 1. The fourth-order valence-corrected chi connectivity index (χ4v) is 3.71. The number of nitrogens with one attached hydrogen (secondary N) is 1. The van der Waals surface area contributed by atoms with Crippen molar-refractivity contribution in [2.75, 3.05) is 18.8 Å². The second kappa shape index (κ2) is 7.85. The number of sulfonamides is 1. The van der Waals surface area contributed by atoms with Gasteiger partial charge >= 0.3 is 0 Å². The molecule has 112 valence electrons. The number of likely N-dealkylation sites (tertiary alicyclic amines) is 1. The third-order valence-electron chi connectivity index (χ3n) is 3.41. The Morgan fingerprint density at radius 1 is 1.21 bits per heavy atom. The number of rotatable bonds is 7. The van der Waals surface area contributed by atoms with Crippen LogP contribution in [0.25, 0.3) is 0 Å². The maximum Gasteiger partial charge on any atom is 0.222 e. The van der Waals surface area contributed by atoms with Crippen LogP contribution < -0.4 is 4.72 Å². The van der Waals surface area contributed by atoms with Gasteiger partial charge in [0, 0.05) is 25.6 Å². The largest absolute Gasteiger partial charge is 0.343 e. The Morgan fingerprint density at radius 2 is 1.84 bits per heavy atom. The molecule has 1 aliphatic rings. The van der Waals surface area contributed by atoms with Crippen molar-refractivity contribution < 1.29 is 13.2 Å². The molecule has 1 rings (SSSR count). The van der Waals surface area contributed by atoms with Crippen molar-refractivity contribution in [3.8, 4) is 0 Å². The Labute approximate surface area is 116 Å². The minimum atomic E-state index is -3.14. The van der Waals surface area contributed by atoms with Crippen molar-refractivity contribution in [1.29, 1.82) is 0 Å². The van der Waals surface area contributed by atoms with E-state index in [4.69, 9.17) is 0 Å². The van der Waals surface area contributed by atoms with Crippen LogP contribution in [-0.4, -0.2) is 44.1 Å². The summed E-state index contributed by atoms with van der Waals surface area (Å²) in [6.45, 7) is 5.26. The molecule has 1 aliphatic heterocycles. The van der Waals surface area contributed by atoms with Gasteiger partial charge in [0.15, 0.2) is 0 Å². The molecule has 1 saturated heterocycles. The molecular formula is C13H26N2O3S. The van der Waals surface area contributed by atoms with Gasteiger partial charge in [-0.2, -0.15) is 0 Å². The Bertz CT molecular complexity index is 373. The number of hydrogen-bond acceptors (Lipinski definition) is 3. The van der Waals surface area contributed by atoms with Gasteiger partial charge in [0.2, 0.25) is 15.9 Å². The van der Waals surface area contributed by atoms with Crippen LogP contribution in [0.1, 0.15) is 52.4 Å². The van der Waals surface area contributed by atoms with Crippen molar-refractivity contribution in [1.82, 2.24) is 9.62 Å². The summed E-state index contributed by atoms with van der Waals surface area (Å²) in [6.07, 6.45) is 4.65. The Kier molecular flexibility index (Phi) is 6.79. The lowest BCUT2D eigenvalue weighted by Gasteiger charge is -2.32. The highest BCUT2D eigenvalue weighted by Crippen LogP contribution is 2.13. The molecular weight excluding hydrogens is 264 g/mol. The first-order chi connectivity index (χ1) is 8.98. The summed E-state index contributed by atoms with van der Waals surface area (Å²) in [6, 6.07) is -0.00762. The fourth-order valence-electron chi connectivity index (χ4n) is 2.31. The summed E-state index contributed by atoms with van der Waals surface area (Å²) in [5.74, 6) is 0.388. The average Bonchev–Trinajstić information content (AvgIpc) is 2.36. The van der Waals surface area contributed by atoms with Gasteiger partial charge in [-0.1, -0.05) is 20.3 Å². The van der Waals surface area contributed by atoms with E-state index in [0.717, 1.165) is 25.7 Å². The third kappa shape index (κ3) is 5.91. The van der Waals surface area contributed by atoms with E-state index < -0.39 is 10.0 Å². The number of hydrogen-bond donors (Lipinski definition) is 1. The zero-order valence-electron chi connectivity index (χ0n) is 12.0. The van der Waals surface area contributed by atoms with Crippen molar-refractivity contribution in [2.45, 2.75) is 58.4 Å². The second-order valence-corrected chi connectivity index (χ2v) is 7.07. The molecule has 0 spiro atoms. The van der Waals surface area contributed by atoms with Crippen LogP contribution in [0.4, 0.5) is 0 Å². The predicted molar refractivity (Wildman–Crippen MR) is 76.3 cm³/mol. The molecule has 0 aromatic rings. The summed E-state index contributed by atoms with van der Waals surface area (Å²) in [4.78, 5) is 13.7. The Balaban J connectivity index is 2.35. The van der Waals surface area contributed by atoms with Gasteiger partial charge in [0.1, 0.15) is 0 Å². The minimum absolute atomic E-state index is 0.00762. The van der Waals surface area contributed by atoms with Crippen molar-refractivity contribution in [3.63, 3.8) is 0 Å². The maximum absolute atomic E-state index is 11.8. The van der Waals surface area contributed by atoms with Crippen LogP contribution in [0.15, 0.2) is 0 Å². The van der Waals surface area contributed by atoms with E-state index in [-0.39, 0.29) is 17.7 Å². The monoisotopic (exact) mass is 290 g/mol. The van der Waals surface area contributed by atoms with E-state index in [9.17, 15) is 13.2 Å². The highest BCUT2D eigenvalue weighted by Gasteiger charge is 2.25. The molecule has 0 bridgehead atoms. The maximum atomic E-state index is 11.8. The first-order valence-corrected chi connectivity index (χ1v) is 8.91. The molecule has 1 fully saturated rings. The topological polar surface area (TPSA) is 66.5 Å². The van der Waals surface area contributed by atoms with Gasteiger partial charge in [0.25, 0.3) is 0 Å². The first kappa shape index (κ1) is 16.4.